The maximum absolute atomic E-state index is 10.1. The van der Waals surface area contributed by atoms with Crippen molar-refractivity contribution in [2.75, 3.05) is 39.5 Å². The van der Waals surface area contributed by atoms with Crippen molar-refractivity contribution in [3.63, 3.8) is 0 Å². The molecule has 2 rings (SSSR count). The summed E-state index contributed by atoms with van der Waals surface area (Å²) in [6.45, 7) is 8.71. The van der Waals surface area contributed by atoms with Gasteiger partial charge in [0.25, 0.3) is 0 Å². The molecule has 0 bridgehead atoms. The van der Waals surface area contributed by atoms with Gasteiger partial charge in [0.05, 0.1) is 19.3 Å². The Kier molecular flexibility index (Phi) is 10.3. The summed E-state index contributed by atoms with van der Waals surface area (Å²) in [5.41, 5.74) is 1.31. The Bertz CT molecular complexity index is 441. The average Bonchev–Trinajstić information content (AvgIpc) is 2.55. The minimum Gasteiger partial charge on any atom is -0.491 e. The number of ether oxygens (including phenoxy) is 2. The van der Waals surface area contributed by atoms with E-state index in [1.807, 2.05) is 12.1 Å². The topological polar surface area (TPSA) is 41.9 Å². The molecule has 0 amide bonds. The van der Waals surface area contributed by atoms with E-state index in [0.717, 1.165) is 31.2 Å². The van der Waals surface area contributed by atoms with Crippen molar-refractivity contribution in [3.05, 3.63) is 29.8 Å². The van der Waals surface area contributed by atoms with Gasteiger partial charge in [-0.15, -0.1) is 12.4 Å². The number of β-amino-alcohol motifs (C(OH)–C–C–N with tert-alkyl or cyclic N) is 1. The average molecular weight is 358 g/mol. The van der Waals surface area contributed by atoms with E-state index in [2.05, 4.69) is 30.9 Å². The summed E-state index contributed by atoms with van der Waals surface area (Å²) >= 11 is 0. The van der Waals surface area contributed by atoms with Crippen LogP contribution in [-0.2, 0) is 11.2 Å². The molecule has 138 valence electrons. The van der Waals surface area contributed by atoms with Gasteiger partial charge >= 0.3 is 0 Å². The van der Waals surface area contributed by atoms with Crippen LogP contribution in [0.15, 0.2) is 24.3 Å². The molecule has 1 N–H and O–H groups in total. The lowest BCUT2D eigenvalue weighted by Crippen LogP contribution is -2.40. The number of hydrogen-bond acceptors (Lipinski definition) is 4. The molecule has 0 aliphatic carbocycles. The number of aliphatic hydroxyl groups excluding tert-OH is 1. The van der Waals surface area contributed by atoms with Crippen LogP contribution in [0.5, 0.6) is 5.75 Å². The molecular formula is C19H32ClNO3. The minimum atomic E-state index is -0.413. The lowest BCUT2D eigenvalue weighted by Gasteiger charge is -2.32. The number of aliphatic hydroxyl groups is 1. The Morgan fingerprint density at radius 3 is 2.67 bits per heavy atom. The fraction of sp³-hybridized carbons (Fsp3) is 0.684. The van der Waals surface area contributed by atoms with Crippen molar-refractivity contribution in [1.29, 1.82) is 0 Å². The second-order valence-electron chi connectivity index (χ2n) is 6.58. The lowest BCUT2D eigenvalue weighted by molar-refractivity contribution is 0.00223. The van der Waals surface area contributed by atoms with Crippen LogP contribution >= 0.6 is 12.4 Å². The molecule has 0 aromatic heterocycles. The number of halogens is 1. The molecule has 0 saturated carbocycles. The zero-order valence-corrected chi connectivity index (χ0v) is 15.8. The molecule has 5 heteroatoms. The normalized spacial score (nSPS) is 19.5. The van der Waals surface area contributed by atoms with E-state index in [4.69, 9.17) is 9.47 Å². The Hall–Kier alpha value is -0.810. The largest absolute Gasteiger partial charge is 0.491 e. The number of rotatable bonds is 9. The van der Waals surface area contributed by atoms with Gasteiger partial charge in [-0.05, 0) is 49.4 Å². The number of piperidine rings is 1. The van der Waals surface area contributed by atoms with Gasteiger partial charge in [0, 0.05) is 13.1 Å². The van der Waals surface area contributed by atoms with E-state index in [1.165, 1.54) is 18.4 Å². The Balaban J connectivity index is 0.00000288. The maximum atomic E-state index is 10.1. The highest BCUT2D eigenvalue weighted by molar-refractivity contribution is 5.85. The predicted molar refractivity (Wildman–Crippen MR) is 100 cm³/mol. The van der Waals surface area contributed by atoms with E-state index >= 15 is 0 Å². The summed E-state index contributed by atoms with van der Waals surface area (Å²) in [6, 6.07) is 8.15. The van der Waals surface area contributed by atoms with Gasteiger partial charge in [0.15, 0.2) is 0 Å². The third-order valence-corrected chi connectivity index (χ3v) is 4.35. The zero-order chi connectivity index (χ0) is 16.5. The molecule has 1 heterocycles. The summed E-state index contributed by atoms with van der Waals surface area (Å²) in [5.74, 6) is 1.61. The molecule has 1 aromatic carbocycles. The van der Waals surface area contributed by atoms with Gasteiger partial charge in [0.1, 0.15) is 12.4 Å². The quantitative estimate of drug-likeness (QED) is 0.689. The van der Waals surface area contributed by atoms with Crippen molar-refractivity contribution in [1.82, 2.24) is 4.90 Å². The third-order valence-electron chi connectivity index (χ3n) is 4.35. The summed E-state index contributed by atoms with van der Waals surface area (Å²) in [4.78, 5) is 2.34. The summed E-state index contributed by atoms with van der Waals surface area (Å²) in [7, 11) is 0. The van der Waals surface area contributed by atoms with Crippen LogP contribution in [0.25, 0.3) is 0 Å². The molecule has 2 atom stereocenters. The van der Waals surface area contributed by atoms with E-state index < -0.39 is 6.10 Å². The highest BCUT2D eigenvalue weighted by Crippen LogP contribution is 2.15. The zero-order valence-electron chi connectivity index (χ0n) is 14.9. The molecule has 1 aromatic rings. The van der Waals surface area contributed by atoms with Crippen molar-refractivity contribution in [2.45, 2.75) is 39.2 Å². The molecule has 1 fully saturated rings. The maximum Gasteiger partial charge on any atom is 0.119 e. The van der Waals surface area contributed by atoms with Crippen molar-refractivity contribution in [3.8, 4) is 5.75 Å². The first-order valence-corrected chi connectivity index (χ1v) is 8.87. The third kappa shape index (κ3) is 7.84. The number of likely N-dealkylation sites (tertiary alicyclic amines) is 1. The van der Waals surface area contributed by atoms with E-state index in [-0.39, 0.29) is 12.4 Å². The second-order valence-corrected chi connectivity index (χ2v) is 6.58. The van der Waals surface area contributed by atoms with Crippen LogP contribution in [0.1, 0.15) is 32.3 Å². The fourth-order valence-corrected chi connectivity index (χ4v) is 3.06. The molecule has 1 aliphatic rings. The highest BCUT2D eigenvalue weighted by Gasteiger charge is 2.18. The van der Waals surface area contributed by atoms with Crippen molar-refractivity contribution in [2.24, 2.45) is 5.92 Å². The summed E-state index contributed by atoms with van der Waals surface area (Å²) in [5, 5.41) is 10.1. The van der Waals surface area contributed by atoms with E-state index in [9.17, 15) is 5.11 Å². The number of aryl methyl sites for hydroxylation is 1. The van der Waals surface area contributed by atoms with Crippen molar-refractivity contribution < 1.29 is 14.6 Å². The standard InChI is InChI=1S/C19H31NO3.ClH/c1-3-17-6-8-19(9-7-17)23-12-11-22-15-18(21)14-20-10-4-5-16(2)13-20;/h6-9,16,18,21H,3-5,10-15H2,1-2H3;1H. The van der Waals surface area contributed by atoms with Crippen LogP contribution in [0, 0.1) is 5.92 Å². The number of hydrogen-bond donors (Lipinski definition) is 1. The van der Waals surface area contributed by atoms with Crippen LogP contribution in [0.3, 0.4) is 0 Å². The number of benzene rings is 1. The molecule has 1 saturated heterocycles. The molecule has 4 nitrogen and oxygen atoms in total. The Morgan fingerprint density at radius 1 is 1.25 bits per heavy atom. The molecule has 1 aliphatic heterocycles. The first-order valence-electron chi connectivity index (χ1n) is 8.87. The molecule has 0 radical (unpaired) electrons. The first-order chi connectivity index (χ1) is 11.2. The van der Waals surface area contributed by atoms with E-state index in [0.29, 0.717) is 26.4 Å². The first kappa shape index (κ1) is 21.2. The molecule has 0 spiro atoms. The SMILES string of the molecule is CCc1ccc(OCCOCC(O)CN2CCCC(C)C2)cc1.Cl. The van der Waals surface area contributed by atoms with Crippen LogP contribution in [0.2, 0.25) is 0 Å². The van der Waals surface area contributed by atoms with Gasteiger partial charge < -0.3 is 19.5 Å². The van der Waals surface area contributed by atoms with E-state index in [1.54, 1.807) is 0 Å². The van der Waals surface area contributed by atoms with Gasteiger partial charge in [0.2, 0.25) is 0 Å². The van der Waals surface area contributed by atoms with Crippen LogP contribution in [-0.4, -0.2) is 55.6 Å². The fourth-order valence-electron chi connectivity index (χ4n) is 3.06. The smallest absolute Gasteiger partial charge is 0.119 e. The summed E-state index contributed by atoms with van der Waals surface area (Å²) < 4.78 is 11.2. The van der Waals surface area contributed by atoms with Gasteiger partial charge in [-0.3, -0.25) is 0 Å². The van der Waals surface area contributed by atoms with Crippen molar-refractivity contribution >= 4 is 12.4 Å². The van der Waals surface area contributed by atoms with Gasteiger partial charge in [-0.2, -0.15) is 0 Å². The van der Waals surface area contributed by atoms with Crippen LogP contribution < -0.4 is 4.74 Å². The predicted octanol–water partition coefficient (Wildman–Crippen LogP) is 3.16. The Labute approximate surface area is 152 Å². The molecule has 24 heavy (non-hydrogen) atoms. The highest BCUT2D eigenvalue weighted by atomic mass is 35.5. The minimum absolute atomic E-state index is 0. The second kappa shape index (κ2) is 11.7. The summed E-state index contributed by atoms with van der Waals surface area (Å²) in [6.07, 6.45) is 3.17. The van der Waals surface area contributed by atoms with Gasteiger partial charge in [-0.25, -0.2) is 0 Å². The molecule has 2 unspecified atom stereocenters. The number of nitrogens with zero attached hydrogens (tertiary/aromatic N) is 1. The lowest BCUT2D eigenvalue weighted by atomic mass is 10.0. The van der Waals surface area contributed by atoms with Gasteiger partial charge in [-0.1, -0.05) is 26.0 Å². The van der Waals surface area contributed by atoms with Crippen LogP contribution in [0.4, 0.5) is 0 Å². The monoisotopic (exact) mass is 357 g/mol. The Morgan fingerprint density at radius 2 is 2.00 bits per heavy atom. The molecular weight excluding hydrogens is 326 g/mol.